The fourth-order valence-corrected chi connectivity index (χ4v) is 5.55. The van der Waals surface area contributed by atoms with E-state index in [1.807, 2.05) is 84.9 Å². The van der Waals surface area contributed by atoms with Gasteiger partial charge >= 0.3 is 0 Å². The molecule has 0 saturated carbocycles. The highest BCUT2D eigenvalue weighted by molar-refractivity contribution is 5.61. The van der Waals surface area contributed by atoms with E-state index in [0.29, 0.717) is 54.5 Å². The van der Waals surface area contributed by atoms with Crippen LogP contribution in [0.25, 0.3) is 0 Å². The van der Waals surface area contributed by atoms with Crippen LogP contribution in [-0.4, -0.2) is 36.9 Å². The zero-order valence-electron chi connectivity index (χ0n) is 27.1. The van der Waals surface area contributed by atoms with E-state index in [9.17, 15) is 10.2 Å². The summed E-state index contributed by atoms with van der Waals surface area (Å²) in [6.07, 6.45) is 0. The van der Waals surface area contributed by atoms with Gasteiger partial charge in [-0.1, -0.05) is 0 Å². The molecule has 252 valence electrons. The molecule has 0 spiro atoms. The summed E-state index contributed by atoms with van der Waals surface area (Å²) < 4.78 is 23.4. The second kappa shape index (κ2) is 14.7. The van der Waals surface area contributed by atoms with Crippen molar-refractivity contribution in [1.82, 2.24) is 0 Å². The molecule has 6 aromatic rings. The van der Waals surface area contributed by atoms with Gasteiger partial charge in [0.05, 0.1) is 20.0 Å². The van der Waals surface area contributed by atoms with E-state index in [2.05, 4.69) is 26.8 Å². The quantitative estimate of drug-likeness (QED) is 0.116. The van der Waals surface area contributed by atoms with Gasteiger partial charge in [0, 0.05) is 17.1 Å². The third kappa shape index (κ3) is 7.95. The highest BCUT2D eigenvalue weighted by Crippen LogP contribution is 2.33. The van der Waals surface area contributed by atoms with Crippen molar-refractivity contribution in [3.63, 3.8) is 0 Å². The van der Waals surface area contributed by atoms with Gasteiger partial charge in [-0.2, -0.15) is 0 Å². The van der Waals surface area contributed by atoms with Gasteiger partial charge in [0.1, 0.15) is 58.5 Å². The maximum absolute atomic E-state index is 9.59. The van der Waals surface area contributed by atoms with Crippen molar-refractivity contribution < 1.29 is 29.2 Å². The van der Waals surface area contributed by atoms with E-state index in [4.69, 9.17) is 24.7 Å². The fraction of sp³-hybridized carbons (Fsp3) is 0.100. The molecule has 10 nitrogen and oxygen atoms in total. The molecule has 7 rings (SSSR count). The molecule has 6 aromatic carbocycles. The van der Waals surface area contributed by atoms with Gasteiger partial charge < -0.3 is 43.9 Å². The van der Waals surface area contributed by atoms with Crippen LogP contribution in [0.15, 0.2) is 146 Å². The first kappa shape index (κ1) is 32.0. The first-order valence-corrected chi connectivity index (χ1v) is 16.1. The Hall–Kier alpha value is -6.52. The second-order valence-electron chi connectivity index (χ2n) is 11.6. The average Bonchev–Trinajstić information content (AvgIpc) is 3.15. The van der Waals surface area contributed by atoms with Crippen LogP contribution in [0.3, 0.4) is 0 Å². The molecule has 0 atom stereocenters. The summed E-state index contributed by atoms with van der Waals surface area (Å²) >= 11 is 0. The van der Waals surface area contributed by atoms with Crippen LogP contribution in [0.1, 0.15) is 0 Å². The Kier molecular flexibility index (Phi) is 9.43. The Bertz CT molecular complexity index is 1870. The monoisotopic (exact) mass is 668 g/mol. The molecule has 0 amide bonds. The lowest BCUT2D eigenvalue weighted by molar-refractivity contribution is 0.329. The molecule has 10 heteroatoms. The molecule has 50 heavy (non-hydrogen) atoms. The smallest absolute Gasteiger partial charge is 0.137 e. The maximum Gasteiger partial charge on any atom is 0.137 e. The van der Waals surface area contributed by atoms with Gasteiger partial charge in [-0.25, -0.2) is 0 Å². The number of ether oxygens (including phenoxy) is 4. The number of phenols is 2. The number of hydrogen-bond donors (Lipinski definition) is 3. The van der Waals surface area contributed by atoms with Crippen LogP contribution < -0.4 is 39.4 Å². The van der Waals surface area contributed by atoms with E-state index in [-0.39, 0.29) is 18.2 Å². The van der Waals surface area contributed by atoms with Crippen LogP contribution in [0.4, 0.5) is 17.1 Å². The van der Waals surface area contributed by atoms with E-state index in [1.165, 1.54) is 0 Å². The van der Waals surface area contributed by atoms with Crippen molar-refractivity contribution in [3.05, 3.63) is 146 Å². The fourth-order valence-electron chi connectivity index (χ4n) is 5.55. The van der Waals surface area contributed by atoms with Gasteiger partial charge in [0.15, 0.2) is 0 Å². The number of nitrogens with zero attached hydrogens (tertiary/aromatic N) is 3. The number of benzene rings is 6. The summed E-state index contributed by atoms with van der Waals surface area (Å²) in [6.45, 7) is 2.07. The van der Waals surface area contributed by atoms with Gasteiger partial charge in [-0.15, -0.1) is 0 Å². The molecule has 1 aliphatic rings. The molecule has 0 aliphatic carbocycles. The SMILES string of the molecule is NCOc1ccc(Oc2ccc(N3CN(c4ccc(Oc5ccc(O)cc5)cc4)CN(c4ccc(Oc5ccc(O)cc5)cc4)C3)cc2)cc1. The topological polar surface area (TPSA) is 113 Å². The summed E-state index contributed by atoms with van der Waals surface area (Å²) in [4.78, 5) is 6.89. The molecule has 1 aliphatic heterocycles. The summed E-state index contributed by atoms with van der Waals surface area (Å²) in [5.74, 6) is 5.19. The van der Waals surface area contributed by atoms with E-state index >= 15 is 0 Å². The minimum absolute atomic E-state index is 0.120. The Morgan fingerprint density at radius 3 is 0.900 bits per heavy atom. The molecule has 1 heterocycles. The van der Waals surface area contributed by atoms with E-state index in [0.717, 1.165) is 22.8 Å². The van der Waals surface area contributed by atoms with Crippen molar-refractivity contribution in [3.8, 4) is 51.7 Å². The van der Waals surface area contributed by atoms with E-state index < -0.39 is 0 Å². The van der Waals surface area contributed by atoms with Crippen molar-refractivity contribution >= 4 is 17.1 Å². The van der Waals surface area contributed by atoms with Gasteiger partial charge in [-0.3, -0.25) is 5.73 Å². The minimum Gasteiger partial charge on any atom is -0.508 e. The summed E-state index contributed by atoms with van der Waals surface area (Å²) in [5.41, 5.74) is 8.57. The maximum atomic E-state index is 9.59. The number of hydrogen-bond acceptors (Lipinski definition) is 10. The zero-order chi connectivity index (χ0) is 34.3. The lowest BCUT2D eigenvalue weighted by Crippen LogP contribution is -2.55. The van der Waals surface area contributed by atoms with Crippen LogP contribution >= 0.6 is 0 Å². The highest BCUT2D eigenvalue weighted by atomic mass is 16.5. The number of aromatic hydroxyl groups is 2. The average molecular weight is 669 g/mol. The van der Waals surface area contributed by atoms with Gasteiger partial charge in [0.2, 0.25) is 0 Å². The summed E-state index contributed by atoms with van der Waals surface area (Å²) in [6, 6.07) is 44.7. The second-order valence-corrected chi connectivity index (χ2v) is 11.6. The Labute approximate surface area is 290 Å². The van der Waals surface area contributed by atoms with Crippen LogP contribution in [0.5, 0.6) is 51.7 Å². The summed E-state index contributed by atoms with van der Waals surface area (Å²) in [7, 11) is 0. The van der Waals surface area contributed by atoms with Crippen LogP contribution in [-0.2, 0) is 0 Å². The molecular weight excluding hydrogens is 632 g/mol. The van der Waals surface area contributed by atoms with Crippen LogP contribution in [0, 0.1) is 0 Å². The standard InChI is InChI=1S/C40H36N4O6/c41-25-47-34-21-23-40(24-22-34)50-37-15-5-31(6-16-37)44-27-42(29-1-11-35(12-2-29)48-38-17-7-32(45)8-18-38)26-43(28-44)30-3-13-36(14-4-30)49-39-19-9-33(46)10-20-39/h1-24,45-46H,25-28,41H2. The Morgan fingerprint density at radius 1 is 0.380 bits per heavy atom. The van der Waals surface area contributed by atoms with Gasteiger partial charge in [0.25, 0.3) is 0 Å². The number of nitrogens with two attached hydrogens (primary N) is 1. The molecule has 4 N–H and O–H groups in total. The number of phenolic OH excluding ortho intramolecular Hbond substituents is 2. The zero-order valence-corrected chi connectivity index (χ0v) is 27.1. The highest BCUT2D eigenvalue weighted by Gasteiger charge is 2.25. The third-order valence-corrected chi connectivity index (χ3v) is 8.08. The molecular formula is C40H36N4O6. The van der Waals surface area contributed by atoms with Crippen LogP contribution in [0.2, 0.25) is 0 Å². The normalized spacial score (nSPS) is 12.8. The molecule has 0 unspecified atom stereocenters. The molecule has 0 bridgehead atoms. The van der Waals surface area contributed by atoms with Crippen molar-refractivity contribution in [2.45, 2.75) is 0 Å². The lowest BCUT2D eigenvalue weighted by atomic mass is 10.2. The third-order valence-electron chi connectivity index (χ3n) is 8.08. The molecule has 0 aromatic heterocycles. The number of rotatable bonds is 11. The first-order chi connectivity index (χ1) is 24.5. The predicted octanol–water partition coefficient (Wildman–Crippen LogP) is 8.48. The summed E-state index contributed by atoms with van der Waals surface area (Å²) in [5, 5.41) is 19.2. The van der Waals surface area contributed by atoms with Crippen molar-refractivity contribution in [2.75, 3.05) is 41.4 Å². The van der Waals surface area contributed by atoms with Gasteiger partial charge in [-0.05, 0) is 146 Å². The minimum atomic E-state index is 0.120. The lowest BCUT2D eigenvalue weighted by Gasteiger charge is -2.45. The van der Waals surface area contributed by atoms with E-state index in [1.54, 1.807) is 48.5 Å². The first-order valence-electron chi connectivity index (χ1n) is 16.1. The largest absolute Gasteiger partial charge is 0.508 e. The molecule has 1 fully saturated rings. The molecule has 0 radical (unpaired) electrons. The molecule has 1 saturated heterocycles. The Morgan fingerprint density at radius 2 is 0.620 bits per heavy atom. The Balaban J connectivity index is 1.09. The van der Waals surface area contributed by atoms with Crippen molar-refractivity contribution in [2.24, 2.45) is 5.73 Å². The predicted molar refractivity (Wildman–Crippen MR) is 194 cm³/mol. The van der Waals surface area contributed by atoms with Crippen molar-refractivity contribution in [1.29, 1.82) is 0 Å². The number of anilines is 3.